The molecule has 5 nitrogen and oxygen atoms in total. The van der Waals surface area contributed by atoms with E-state index >= 15 is 0 Å². The average molecular weight is 397 g/mol. The van der Waals surface area contributed by atoms with Crippen LogP contribution in [0.5, 0.6) is 5.75 Å². The molecule has 0 aliphatic heterocycles. The van der Waals surface area contributed by atoms with Gasteiger partial charge in [0.15, 0.2) is 0 Å². The van der Waals surface area contributed by atoms with Gasteiger partial charge in [0.2, 0.25) is 0 Å². The summed E-state index contributed by atoms with van der Waals surface area (Å²) in [6.07, 6.45) is 1.45. The Morgan fingerprint density at radius 2 is 1.70 bits per heavy atom. The zero-order valence-electron chi connectivity index (χ0n) is 15.8. The minimum atomic E-state index is -0.586. The quantitative estimate of drug-likeness (QED) is 0.477. The molecule has 3 aromatic rings. The largest absolute Gasteiger partial charge is 0.489 e. The Bertz CT molecular complexity index is 1150. The Morgan fingerprint density at radius 1 is 1.00 bits per heavy atom. The third-order valence-electron chi connectivity index (χ3n) is 4.19. The van der Waals surface area contributed by atoms with E-state index in [1.54, 1.807) is 36.4 Å². The molecule has 0 bridgehead atoms. The number of ether oxygens (including phenoxy) is 1. The summed E-state index contributed by atoms with van der Waals surface area (Å²) in [7, 11) is 0. The van der Waals surface area contributed by atoms with Crippen molar-refractivity contribution in [2.75, 3.05) is 5.32 Å². The molecular weight excluding hydrogens is 381 g/mol. The maximum atomic E-state index is 13.0. The maximum absolute atomic E-state index is 13.0. The number of hydrogen-bond acceptors (Lipinski definition) is 4. The van der Waals surface area contributed by atoms with E-state index in [0.29, 0.717) is 22.6 Å². The second-order valence-corrected chi connectivity index (χ2v) is 6.26. The van der Waals surface area contributed by atoms with Crippen LogP contribution in [0.1, 0.15) is 16.7 Å². The van der Waals surface area contributed by atoms with Crippen LogP contribution in [0.3, 0.4) is 0 Å². The van der Waals surface area contributed by atoms with Gasteiger partial charge in [0.05, 0.1) is 11.6 Å². The third kappa shape index (κ3) is 5.31. The molecule has 0 spiro atoms. The van der Waals surface area contributed by atoms with Gasteiger partial charge in [-0.05, 0) is 54.1 Å². The summed E-state index contributed by atoms with van der Waals surface area (Å²) in [5.74, 6) is -0.408. The van der Waals surface area contributed by atoms with Crippen LogP contribution < -0.4 is 10.1 Å². The molecule has 0 heterocycles. The molecular formula is C24H16FN3O2. The molecule has 3 rings (SSSR count). The van der Waals surface area contributed by atoms with Gasteiger partial charge in [-0.15, -0.1) is 0 Å². The van der Waals surface area contributed by atoms with E-state index in [4.69, 9.17) is 10.00 Å². The summed E-state index contributed by atoms with van der Waals surface area (Å²) in [6, 6.07) is 23.3. The zero-order chi connectivity index (χ0) is 21.3. The molecule has 0 unspecified atom stereocenters. The molecule has 30 heavy (non-hydrogen) atoms. The van der Waals surface area contributed by atoms with Crippen molar-refractivity contribution in [3.63, 3.8) is 0 Å². The van der Waals surface area contributed by atoms with Gasteiger partial charge in [-0.25, -0.2) is 4.39 Å². The molecule has 0 saturated heterocycles. The molecule has 0 aliphatic rings. The highest BCUT2D eigenvalue weighted by molar-refractivity contribution is 6.09. The van der Waals surface area contributed by atoms with Crippen LogP contribution in [0.25, 0.3) is 6.08 Å². The monoisotopic (exact) mass is 397 g/mol. The smallest absolute Gasteiger partial charge is 0.266 e. The predicted molar refractivity (Wildman–Crippen MR) is 111 cm³/mol. The standard InChI is InChI=1S/C24H16FN3O2/c25-21-7-9-22(10-8-21)28-24(29)20(15-27)13-17-5-11-23(12-6-17)30-16-19-4-2-1-3-18(19)14-26/h1-13H,16H2,(H,28,29). The number of benzene rings is 3. The number of halogens is 1. The van der Waals surface area contributed by atoms with Crippen LogP contribution in [-0.2, 0) is 11.4 Å². The molecule has 146 valence electrons. The Balaban J connectivity index is 1.66. The summed E-state index contributed by atoms with van der Waals surface area (Å²) in [4.78, 5) is 12.3. The molecule has 0 aromatic heterocycles. The number of nitriles is 2. The molecule has 0 fully saturated rings. The minimum absolute atomic E-state index is 0.0871. The number of anilines is 1. The summed E-state index contributed by atoms with van der Waals surface area (Å²) < 4.78 is 18.7. The summed E-state index contributed by atoms with van der Waals surface area (Å²) >= 11 is 0. The minimum Gasteiger partial charge on any atom is -0.489 e. The SMILES string of the molecule is N#CC(=Cc1ccc(OCc2ccccc2C#N)cc1)C(=O)Nc1ccc(F)cc1. The van der Waals surface area contributed by atoms with Crippen molar-refractivity contribution in [1.29, 1.82) is 10.5 Å². The highest BCUT2D eigenvalue weighted by Crippen LogP contribution is 2.18. The lowest BCUT2D eigenvalue weighted by Gasteiger charge is -2.08. The summed E-state index contributed by atoms with van der Waals surface area (Å²) in [5.41, 5.74) is 2.29. The van der Waals surface area contributed by atoms with Crippen LogP contribution in [0.2, 0.25) is 0 Å². The third-order valence-corrected chi connectivity index (χ3v) is 4.19. The lowest BCUT2D eigenvalue weighted by atomic mass is 10.1. The van der Waals surface area contributed by atoms with E-state index in [1.165, 1.54) is 30.3 Å². The summed E-state index contributed by atoms with van der Waals surface area (Å²) in [5, 5.41) is 21.0. The lowest BCUT2D eigenvalue weighted by Crippen LogP contribution is -2.13. The first kappa shape index (κ1) is 20.3. The number of nitrogens with zero attached hydrogens (tertiary/aromatic N) is 2. The first-order chi connectivity index (χ1) is 14.6. The van der Waals surface area contributed by atoms with Gasteiger partial charge >= 0.3 is 0 Å². The fraction of sp³-hybridized carbons (Fsp3) is 0.0417. The van der Waals surface area contributed by atoms with Gasteiger partial charge in [-0.3, -0.25) is 4.79 Å². The van der Waals surface area contributed by atoms with Crippen LogP contribution in [0.15, 0.2) is 78.4 Å². The molecule has 0 aliphatic carbocycles. The maximum Gasteiger partial charge on any atom is 0.266 e. The lowest BCUT2D eigenvalue weighted by molar-refractivity contribution is -0.112. The van der Waals surface area contributed by atoms with Crippen LogP contribution in [0.4, 0.5) is 10.1 Å². The number of carbonyl (C=O) groups excluding carboxylic acids is 1. The first-order valence-corrected chi connectivity index (χ1v) is 8.98. The van der Waals surface area contributed by atoms with E-state index in [9.17, 15) is 14.4 Å². The normalized spacial score (nSPS) is 10.6. The van der Waals surface area contributed by atoms with Crippen molar-refractivity contribution < 1.29 is 13.9 Å². The first-order valence-electron chi connectivity index (χ1n) is 8.98. The molecule has 0 radical (unpaired) electrons. The van der Waals surface area contributed by atoms with E-state index < -0.39 is 11.7 Å². The predicted octanol–water partition coefficient (Wildman–Crippen LogP) is 4.82. The van der Waals surface area contributed by atoms with Crippen LogP contribution >= 0.6 is 0 Å². The van der Waals surface area contributed by atoms with Gasteiger partial charge in [-0.2, -0.15) is 10.5 Å². The van der Waals surface area contributed by atoms with Crippen molar-refractivity contribution >= 4 is 17.7 Å². The van der Waals surface area contributed by atoms with Crippen molar-refractivity contribution in [3.05, 3.63) is 101 Å². The Morgan fingerprint density at radius 3 is 2.37 bits per heavy atom. The number of amides is 1. The second-order valence-electron chi connectivity index (χ2n) is 6.26. The van der Waals surface area contributed by atoms with Crippen LogP contribution in [-0.4, -0.2) is 5.91 Å². The number of hydrogen-bond donors (Lipinski definition) is 1. The second kappa shape index (κ2) is 9.68. The van der Waals surface area contributed by atoms with Gasteiger partial charge in [0.1, 0.15) is 29.8 Å². The topological polar surface area (TPSA) is 85.9 Å². The van der Waals surface area contributed by atoms with E-state index in [-0.39, 0.29) is 12.2 Å². The number of rotatable bonds is 6. The van der Waals surface area contributed by atoms with Gasteiger partial charge in [0, 0.05) is 11.3 Å². The Hall–Kier alpha value is -4.42. The molecule has 0 saturated carbocycles. The summed E-state index contributed by atoms with van der Waals surface area (Å²) in [6.45, 7) is 0.252. The van der Waals surface area contributed by atoms with Crippen molar-refractivity contribution in [3.8, 4) is 17.9 Å². The van der Waals surface area contributed by atoms with Gasteiger partial charge in [0.25, 0.3) is 5.91 Å². The average Bonchev–Trinajstić information content (AvgIpc) is 2.78. The fourth-order valence-electron chi connectivity index (χ4n) is 2.62. The highest BCUT2D eigenvalue weighted by atomic mass is 19.1. The molecule has 3 aromatic carbocycles. The van der Waals surface area contributed by atoms with Gasteiger partial charge in [-0.1, -0.05) is 30.3 Å². The number of nitrogens with one attached hydrogen (secondary N) is 1. The zero-order valence-corrected chi connectivity index (χ0v) is 15.8. The van der Waals surface area contributed by atoms with E-state index in [1.807, 2.05) is 18.2 Å². The van der Waals surface area contributed by atoms with Crippen molar-refractivity contribution in [1.82, 2.24) is 0 Å². The molecule has 1 N–H and O–H groups in total. The van der Waals surface area contributed by atoms with Crippen LogP contribution in [0, 0.1) is 28.5 Å². The highest BCUT2D eigenvalue weighted by Gasteiger charge is 2.10. The van der Waals surface area contributed by atoms with Gasteiger partial charge < -0.3 is 10.1 Å². The fourth-order valence-corrected chi connectivity index (χ4v) is 2.62. The van der Waals surface area contributed by atoms with E-state index in [0.717, 1.165) is 5.56 Å². The Labute approximate surface area is 173 Å². The molecule has 0 atom stereocenters. The number of carbonyl (C=O) groups is 1. The van der Waals surface area contributed by atoms with E-state index in [2.05, 4.69) is 11.4 Å². The van der Waals surface area contributed by atoms with Crippen molar-refractivity contribution in [2.24, 2.45) is 0 Å². The molecule has 6 heteroatoms. The Kier molecular flexibility index (Phi) is 6.55. The van der Waals surface area contributed by atoms with Crippen molar-refractivity contribution in [2.45, 2.75) is 6.61 Å². The molecule has 1 amide bonds.